The van der Waals surface area contributed by atoms with Gasteiger partial charge in [-0.3, -0.25) is 0 Å². The van der Waals surface area contributed by atoms with Crippen molar-refractivity contribution in [2.75, 3.05) is 0 Å². The summed E-state index contributed by atoms with van der Waals surface area (Å²) in [5, 5.41) is 0. The van der Waals surface area contributed by atoms with Crippen LogP contribution in [0, 0.1) is 0 Å². The topological polar surface area (TPSA) is 9.23 Å². The third kappa shape index (κ3) is 10.7. The number of hydrogen-bond donors (Lipinski definition) is 0. The van der Waals surface area contributed by atoms with E-state index in [1.165, 1.54) is 44.6 Å². The van der Waals surface area contributed by atoms with Gasteiger partial charge in [-0.15, -0.1) is 0 Å². The molecule has 91 valence electrons. The maximum atomic E-state index is 6.11. The van der Waals surface area contributed by atoms with Crippen LogP contribution in [0.4, 0.5) is 0 Å². The third-order valence-electron chi connectivity index (χ3n) is 2.61. The normalized spacial score (nSPS) is 12.4. The molecule has 3 heteroatoms. The van der Waals surface area contributed by atoms with Gasteiger partial charge in [0.2, 0.25) is 0 Å². The second-order valence-corrected chi connectivity index (χ2v) is 11.9. The lowest BCUT2D eigenvalue weighted by Crippen LogP contribution is -2.34. The van der Waals surface area contributed by atoms with Crippen LogP contribution in [-0.2, 0) is 4.12 Å². The third-order valence-corrected chi connectivity index (χ3v) is 8.01. The Kier molecular flexibility index (Phi) is 8.76. The van der Waals surface area contributed by atoms with Crippen molar-refractivity contribution in [3.05, 3.63) is 0 Å². The Morgan fingerprint density at radius 3 is 2.00 bits per heavy atom. The van der Waals surface area contributed by atoms with Gasteiger partial charge in [-0.2, -0.15) is 0 Å². The van der Waals surface area contributed by atoms with Crippen LogP contribution in [0.15, 0.2) is 0 Å². The molecule has 0 saturated heterocycles. The first kappa shape index (κ1) is 15.4. The molecule has 1 nitrogen and oxygen atoms in total. The quantitative estimate of drug-likeness (QED) is 0.418. The average molecular weight is 246 g/mol. The molecule has 0 aliphatic rings. The van der Waals surface area contributed by atoms with Crippen LogP contribution in [0.25, 0.3) is 0 Å². The zero-order valence-corrected chi connectivity index (χ0v) is 13.4. The Labute approximate surface area is 99.5 Å². The first-order chi connectivity index (χ1) is 6.98. The van der Waals surface area contributed by atoms with Gasteiger partial charge in [0.05, 0.1) is 0 Å². The van der Waals surface area contributed by atoms with Crippen molar-refractivity contribution in [3.8, 4) is 0 Å². The van der Waals surface area contributed by atoms with E-state index in [1.54, 1.807) is 0 Å². The second kappa shape index (κ2) is 8.53. The van der Waals surface area contributed by atoms with Gasteiger partial charge in [-0.1, -0.05) is 45.4 Å². The van der Waals surface area contributed by atoms with E-state index >= 15 is 0 Å². The summed E-state index contributed by atoms with van der Waals surface area (Å²) < 4.78 is 6.11. The summed E-state index contributed by atoms with van der Waals surface area (Å²) in [5.41, 5.74) is 0. The molecular formula is C12H29OSi2. The minimum Gasteiger partial charge on any atom is -0.456 e. The van der Waals surface area contributed by atoms with E-state index in [2.05, 4.69) is 33.1 Å². The van der Waals surface area contributed by atoms with E-state index in [1.807, 2.05) is 0 Å². The van der Waals surface area contributed by atoms with Crippen LogP contribution in [0.2, 0.25) is 32.2 Å². The molecule has 0 fully saturated rings. The molecule has 0 atom stereocenters. The monoisotopic (exact) mass is 245 g/mol. The summed E-state index contributed by atoms with van der Waals surface area (Å²) in [6, 6.07) is 1.36. The van der Waals surface area contributed by atoms with Gasteiger partial charge in [0.25, 0.3) is 0 Å². The zero-order valence-electron chi connectivity index (χ0n) is 11.4. The Morgan fingerprint density at radius 1 is 0.933 bits per heavy atom. The van der Waals surface area contributed by atoms with Gasteiger partial charge in [0.15, 0.2) is 17.4 Å². The Balaban J connectivity index is 3.40. The van der Waals surface area contributed by atoms with Crippen molar-refractivity contribution in [3.63, 3.8) is 0 Å². The van der Waals surface area contributed by atoms with Crippen molar-refractivity contribution >= 4 is 17.4 Å². The maximum Gasteiger partial charge on any atom is 0.191 e. The van der Waals surface area contributed by atoms with Crippen molar-refractivity contribution < 1.29 is 4.12 Å². The van der Waals surface area contributed by atoms with Crippen molar-refractivity contribution in [2.45, 2.75) is 77.7 Å². The standard InChI is InChI=1S/C12H29OSi2/c1-6-7-8-9-10-11-12-15(4,5)13-14(2)3/h6-12H2,1-5H3. The van der Waals surface area contributed by atoms with Crippen LogP contribution >= 0.6 is 0 Å². The summed E-state index contributed by atoms with van der Waals surface area (Å²) in [6.45, 7) is 11.5. The molecular weight excluding hydrogens is 216 g/mol. The predicted octanol–water partition coefficient (Wildman–Crippen LogP) is 4.82. The zero-order chi connectivity index (χ0) is 11.7. The molecule has 0 saturated carbocycles. The molecule has 0 bridgehead atoms. The lowest BCUT2D eigenvalue weighted by Gasteiger charge is -2.25. The fourth-order valence-corrected chi connectivity index (χ4v) is 7.87. The van der Waals surface area contributed by atoms with Crippen LogP contribution in [0.5, 0.6) is 0 Å². The van der Waals surface area contributed by atoms with Crippen molar-refractivity contribution in [1.82, 2.24) is 0 Å². The van der Waals surface area contributed by atoms with Gasteiger partial charge < -0.3 is 4.12 Å². The fraction of sp³-hybridized carbons (Fsp3) is 1.00. The van der Waals surface area contributed by atoms with E-state index < -0.39 is 17.4 Å². The molecule has 0 aromatic rings. The molecule has 0 aromatic carbocycles. The molecule has 0 spiro atoms. The van der Waals surface area contributed by atoms with Crippen LogP contribution in [0.1, 0.15) is 45.4 Å². The molecule has 15 heavy (non-hydrogen) atoms. The lowest BCUT2D eigenvalue weighted by atomic mass is 10.1. The van der Waals surface area contributed by atoms with E-state index in [-0.39, 0.29) is 0 Å². The Morgan fingerprint density at radius 2 is 1.47 bits per heavy atom. The molecule has 0 N–H and O–H groups in total. The Hall–Kier alpha value is 0.394. The van der Waals surface area contributed by atoms with Gasteiger partial charge >= 0.3 is 0 Å². The smallest absolute Gasteiger partial charge is 0.191 e. The number of rotatable bonds is 9. The minimum absolute atomic E-state index is 0.480. The molecule has 0 unspecified atom stereocenters. The molecule has 0 aromatic heterocycles. The largest absolute Gasteiger partial charge is 0.456 e. The number of unbranched alkanes of at least 4 members (excludes halogenated alkanes) is 5. The molecule has 0 heterocycles. The summed E-state index contributed by atoms with van der Waals surface area (Å²) in [6.07, 6.45) is 8.41. The van der Waals surface area contributed by atoms with Crippen LogP contribution in [-0.4, -0.2) is 17.4 Å². The highest BCUT2D eigenvalue weighted by atomic mass is 28.4. The van der Waals surface area contributed by atoms with E-state index in [9.17, 15) is 0 Å². The molecule has 0 aliphatic heterocycles. The molecule has 1 radical (unpaired) electrons. The number of hydrogen-bond acceptors (Lipinski definition) is 1. The summed E-state index contributed by atoms with van der Waals surface area (Å²) in [4.78, 5) is 0. The van der Waals surface area contributed by atoms with Gasteiger partial charge in [0.1, 0.15) is 0 Å². The van der Waals surface area contributed by atoms with Gasteiger partial charge in [0, 0.05) is 0 Å². The van der Waals surface area contributed by atoms with Gasteiger partial charge in [-0.05, 0) is 32.2 Å². The predicted molar refractivity (Wildman–Crippen MR) is 74.2 cm³/mol. The second-order valence-electron chi connectivity index (χ2n) is 5.29. The van der Waals surface area contributed by atoms with Crippen LogP contribution in [0.3, 0.4) is 0 Å². The van der Waals surface area contributed by atoms with Crippen molar-refractivity contribution in [1.29, 1.82) is 0 Å². The maximum absolute atomic E-state index is 6.11. The summed E-state index contributed by atoms with van der Waals surface area (Å²) >= 11 is 0. The fourth-order valence-electron chi connectivity index (χ4n) is 1.93. The molecule has 0 aliphatic carbocycles. The SMILES string of the molecule is CCCCCCCC[Si](C)(C)O[Si](C)C. The molecule has 0 amide bonds. The highest BCUT2D eigenvalue weighted by Gasteiger charge is 2.22. The Bertz CT molecular complexity index is 147. The first-order valence-electron chi connectivity index (χ1n) is 6.47. The lowest BCUT2D eigenvalue weighted by molar-refractivity contribution is 0.555. The average Bonchev–Trinajstić information content (AvgIpc) is 2.08. The van der Waals surface area contributed by atoms with E-state index in [4.69, 9.17) is 4.12 Å². The minimum atomic E-state index is -1.29. The van der Waals surface area contributed by atoms with Crippen molar-refractivity contribution in [2.24, 2.45) is 0 Å². The van der Waals surface area contributed by atoms with E-state index in [0.29, 0.717) is 0 Å². The summed E-state index contributed by atoms with van der Waals surface area (Å²) in [5.74, 6) is 0. The van der Waals surface area contributed by atoms with Gasteiger partial charge in [-0.25, -0.2) is 0 Å². The first-order valence-corrected chi connectivity index (χ1v) is 12.0. The highest BCUT2D eigenvalue weighted by molar-refractivity contribution is 6.77. The highest BCUT2D eigenvalue weighted by Crippen LogP contribution is 2.18. The van der Waals surface area contributed by atoms with E-state index in [0.717, 1.165) is 0 Å². The molecule has 0 rings (SSSR count). The van der Waals surface area contributed by atoms with Crippen LogP contribution < -0.4 is 0 Å². The summed E-state index contributed by atoms with van der Waals surface area (Å²) in [7, 11) is -1.77.